The lowest BCUT2D eigenvalue weighted by molar-refractivity contribution is -0.123. The van der Waals surface area contributed by atoms with Gasteiger partial charge < -0.3 is 10.4 Å². The van der Waals surface area contributed by atoms with Crippen LogP contribution in [0.25, 0.3) is 0 Å². The largest absolute Gasteiger partial charge is 0.384 e. The van der Waals surface area contributed by atoms with Crippen LogP contribution in [-0.2, 0) is 10.4 Å². The van der Waals surface area contributed by atoms with Crippen LogP contribution in [0.5, 0.6) is 0 Å². The van der Waals surface area contributed by atoms with Gasteiger partial charge >= 0.3 is 0 Å². The smallest absolute Gasteiger partial charge is 0.223 e. The van der Waals surface area contributed by atoms with Gasteiger partial charge in [0.1, 0.15) is 11.4 Å². The van der Waals surface area contributed by atoms with E-state index in [4.69, 9.17) is 0 Å². The normalized spacial score (nSPS) is 21.5. The SMILES string of the molecule is CC(O)(CNC(=O)C1CC1c1ccc(F)c(F)c1)c1ccc(F)cc1. The summed E-state index contributed by atoms with van der Waals surface area (Å²) in [5, 5.41) is 13.1. The minimum atomic E-state index is -1.34. The van der Waals surface area contributed by atoms with E-state index >= 15 is 0 Å². The molecule has 1 fully saturated rings. The lowest BCUT2D eigenvalue weighted by Gasteiger charge is -2.24. The van der Waals surface area contributed by atoms with Crippen molar-refractivity contribution in [3.8, 4) is 0 Å². The van der Waals surface area contributed by atoms with E-state index < -0.39 is 23.1 Å². The molecular weight excluding hydrogens is 331 g/mol. The first-order valence-electron chi connectivity index (χ1n) is 7.99. The molecule has 1 aliphatic rings. The Hall–Kier alpha value is -2.34. The molecule has 25 heavy (non-hydrogen) atoms. The van der Waals surface area contributed by atoms with Crippen molar-refractivity contribution in [3.63, 3.8) is 0 Å². The van der Waals surface area contributed by atoms with Crippen molar-refractivity contribution >= 4 is 5.91 Å². The van der Waals surface area contributed by atoms with Gasteiger partial charge in [0.2, 0.25) is 5.91 Å². The molecule has 0 spiro atoms. The van der Waals surface area contributed by atoms with Crippen molar-refractivity contribution in [2.75, 3.05) is 6.54 Å². The van der Waals surface area contributed by atoms with Crippen molar-refractivity contribution in [2.24, 2.45) is 5.92 Å². The minimum absolute atomic E-state index is 0.0293. The molecule has 2 N–H and O–H groups in total. The number of benzene rings is 2. The van der Waals surface area contributed by atoms with Crippen LogP contribution in [-0.4, -0.2) is 17.6 Å². The van der Waals surface area contributed by atoms with Crippen molar-refractivity contribution in [2.45, 2.75) is 24.9 Å². The van der Waals surface area contributed by atoms with Gasteiger partial charge in [0.15, 0.2) is 11.6 Å². The van der Waals surface area contributed by atoms with E-state index in [2.05, 4.69) is 5.32 Å². The molecule has 3 rings (SSSR count). The van der Waals surface area contributed by atoms with Crippen LogP contribution in [0.3, 0.4) is 0 Å². The van der Waals surface area contributed by atoms with Gasteiger partial charge in [-0.3, -0.25) is 4.79 Å². The number of hydrogen-bond acceptors (Lipinski definition) is 2. The number of aliphatic hydroxyl groups is 1. The second-order valence-electron chi connectivity index (χ2n) is 6.62. The fourth-order valence-electron chi connectivity index (χ4n) is 2.90. The van der Waals surface area contributed by atoms with Crippen molar-refractivity contribution in [3.05, 3.63) is 71.0 Å². The molecule has 0 bridgehead atoms. The monoisotopic (exact) mass is 349 g/mol. The maximum absolute atomic E-state index is 13.3. The van der Waals surface area contributed by atoms with Crippen LogP contribution < -0.4 is 5.32 Å². The van der Waals surface area contributed by atoms with E-state index in [9.17, 15) is 23.1 Å². The van der Waals surface area contributed by atoms with Crippen molar-refractivity contribution in [1.29, 1.82) is 0 Å². The first-order valence-corrected chi connectivity index (χ1v) is 7.99. The Morgan fingerprint density at radius 2 is 1.84 bits per heavy atom. The molecule has 0 radical (unpaired) electrons. The summed E-state index contributed by atoms with van der Waals surface area (Å²) in [5.74, 6) is -2.98. The quantitative estimate of drug-likeness (QED) is 0.871. The highest BCUT2D eigenvalue weighted by Gasteiger charge is 2.44. The van der Waals surface area contributed by atoms with Crippen LogP contribution in [0.2, 0.25) is 0 Å². The maximum Gasteiger partial charge on any atom is 0.223 e. The Morgan fingerprint density at radius 1 is 1.16 bits per heavy atom. The molecular formula is C19H18F3NO2. The van der Waals surface area contributed by atoms with E-state index in [1.807, 2.05) is 0 Å². The third-order valence-electron chi connectivity index (χ3n) is 4.57. The van der Waals surface area contributed by atoms with E-state index in [-0.39, 0.29) is 24.3 Å². The van der Waals surface area contributed by atoms with E-state index in [0.717, 1.165) is 12.1 Å². The predicted octanol–water partition coefficient (Wildman–Crippen LogP) is 3.23. The Bertz CT molecular complexity index is 790. The van der Waals surface area contributed by atoms with Crippen LogP contribution in [0.1, 0.15) is 30.4 Å². The van der Waals surface area contributed by atoms with Crippen LogP contribution in [0.4, 0.5) is 13.2 Å². The lowest BCUT2D eigenvalue weighted by atomic mass is 9.96. The Kier molecular flexibility index (Phi) is 4.56. The molecule has 3 nitrogen and oxygen atoms in total. The number of nitrogens with one attached hydrogen (secondary N) is 1. The molecule has 2 aromatic carbocycles. The van der Waals surface area contributed by atoms with Gasteiger partial charge in [0, 0.05) is 5.92 Å². The second kappa shape index (κ2) is 6.52. The molecule has 0 heterocycles. The first kappa shape index (κ1) is 17.5. The topological polar surface area (TPSA) is 49.3 Å². The molecule has 3 atom stereocenters. The molecule has 0 aliphatic heterocycles. The molecule has 1 aliphatic carbocycles. The predicted molar refractivity (Wildman–Crippen MR) is 86.2 cm³/mol. The second-order valence-corrected chi connectivity index (χ2v) is 6.62. The maximum atomic E-state index is 13.3. The van der Waals surface area contributed by atoms with Gasteiger partial charge in [-0.05, 0) is 54.7 Å². The Labute approximate surface area is 143 Å². The van der Waals surface area contributed by atoms with Crippen LogP contribution in [0, 0.1) is 23.4 Å². The molecule has 6 heteroatoms. The lowest BCUT2D eigenvalue weighted by Crippen LogP contribution is -2.39. The van der Waals surface area contributed by atoms with Gasteiger partial charge in [0.05, 0.1) is 6.54 Å². The fourth-order valence-corrected chi connectivity index (χ4v) is 2.90. The van der Waals surface area contributed by atoms with Gasteiger partial charge in [-0.2, -0.15) is 0 Å². The molecule has 0 saturated heterocycles. The number of hydrogen-bond donors (Lipinski definition) is 2. The number of carbonyl (C=O) groups excluding carboxylic acids is 1. The van der Waals surface area contributed by atoms with Gasteiger partial charge in [-0.25, -0.2) is 13.2 Å². The molecule has 3 unspecified atom stereocenters. The van der Waals surface area contributed by atoms with Crippen molar-refractivity contribution < 1.29 is 23.1 Å². The van der Waals surface area contributed by atoms with Crippen LogP contribution in [0.15, 0.2) is 42.5 Å². The van der Waals surface area contributed by atoms with E-state index in [1.165, 1.54) is 37.3 Å². The molecule has 132 valence electrons. The van der Waals surface area contributed by atoms with Gasteiger partial charge in [-0.15, -0.1) is 0 Å². The summed E-state index contributed by atoms with van der Waals surface area (Å²) in [6.45, 7) is 1.50. The molecule has 1 amide bonds. The summed E-state index contributed by atoms with van der Waals surface area (Å²) in [5.41, 5.74) is -0.262. The summed E-state index contributed by atoms with van der Waals surface area (Å²) in [6.07, 6.45) is 0.551. The van der Waals surface area contributed by atoms with Gasteiger partial charge in [0.25, 0.3) is 0 Å². The number of amides is 1. The highest BCUT2D eigenvalue weighted by molar-refractivity contribution is 5.83. The Balaban J connectivity index is 1.58. The standard InChI is InChI=1S/C19H18F3NO2/c1-19(25,12-3-5-13(20)6-4-12)10-23-18(24)15-9-14(15)11-2-7-16(21)17(22)8-11/h2-8,14-15,25H,9-10H2,1H3,(H,23,24). The summed E-state index contributed by atoms with van der Waals surface area (Å²) < 4.78 is 39.2. The summed E-state index contributed by atoms with van der Waals surface area (Å²) in [7, 11) is 0. The first-order chi connectivity index (χ1) is 11.8. The minimum Gasteiger partial charge on any atom is -0.384 e. The Morgan fingerprint density at radius 3 is 2.48 bits per heavy atom. The average Bonchev–Trinajstić information content (AvgIpc) is 3.36. The zero-order chi connectivity index (χ0) is 18.2. The molecule has 2 aromatic rings. The zero-order valence-corrected chi connectivity index (χ0v) is 13.6. The third kappa shape index (κ3) is 3.85. The fraction of sp³-hybridized carbons (Fsp3) is 0.316. The van der Waals surface area contributed by atoms with Crippen molar-refractivity contribution in [1.82, 2.24) is 5.32 Å². The molecule has 1 saturated carbocycles. The van der Waals surface area contributed by atoms with Crippen LogP contribution >= 0.6 is 0 Å². The number of halogens is 3. The van der Waals surface area contributed by atoms with Gasteiger partial charge in [-0.1, -0.05) is 18.2 Å². The average molecular weight is 349 g/mol. The molecule has 0 aromatic heterocycles. The highest BCUT2D eigenvalue weighted by atomic mass is 19.2. The zero-order valence-electron chi connectivity index (χ0n) is 13.6. The van der Waals surface area contributed by atoms with E-state index in [0.29, 0.717) is 17.5 Å². The summed E-state index contributed by atoms with van der Waals surface area (Å²) >= 11 is 0. The highest BCUT2D eigenvalue weighted by Crippen LogP contribution is 2.47. The third-order valence-corrected chi connectivity index (χ3v) is 4.57. The van der Waals surface area contributed by atoms with E-state index in [1.54, 1.807) is 0 Å². The summed E-state index contributed by atoms with van der Waals surface area (Å²) in [4.78, 5) is 12.2. The number of rotatable bonds is 5. The summed E-state index contributed by atoms with van der Waals surface area (Å²) in [6, 6.07) is 9.05. The number of carbonyl (C=O) groups is 1.